The zero-order valence-corrected chi connectivity index (χ0v) is 17.9. The molecule has 1 aromatic heterocycles. The number of hydrogen-bond donors (Lipinski definition) is 2. The topological polar surface area (TPSA) is 72.3 Å². The molecular weight excluding hydrogens is 386 g/mol. The van der Waals surface area contributed by atoms with Gasteiger partial charge in [-0.05, 0) is 54.4 Å². The fourth-order valence-electron chi connectivity index (χ4n) is 3.90. The Balaban J connectivity index is 1.41. The van der Waals surface area contributed by atoms with Gasteiger partial charge in [-0.25, -0.2) is 0 Å². The molecule has 0 radical (unpaired) electrons. The number of nitrogens with zero attached hydrogens (tertiary/aromatic N) is 3. The summed E-state index contributed by atoms with van der Waals surface area (Å²) in [5.41, 5.74) is 6.75. The zero-order chi connectivity index (χ0) is 21.8. The van der Waals surface area contributed by atoms with Crippen LogP contribution in [0.3, 0.4) is 0 Å². The molecule has 31 heavy (non-hydrogen) atoms. The van der Waals surface area contributed by atoms with E-state index in [4.69, 9.17) is 5.41 Å². The summed E-state index contributed by atoms with van der Waals surface area (Å²) >= 11 is 0. The highest BCUT2D eigenvalue weighted by Crippen LogP contribution is 2.27. The summed E-state index contributed by atoms with van der Waals surface area (Å²) in [5.74, 6) is 0.0505. The third kappa shape index (κ3) is 4.43. The van der Waals surface area contributed by atoms with Crippen molar-refractivity contribution in [3.05, 3.63) is 77.6 Å². The number of piperazine rings is 1. The summed E-state index contributed by atoms with van der Waals surface area (Å²) in [6, 6.07) is 18.3. The number of nitrogens with one attached hydrogen (secondary N) is 2. The first-order valence-electron chi connectivity index (χ1n) is 10.5. The summed E-state index contributed by atoms with van der Waals surface area (Å²) in [5, 5.41) is 10.7. The average molecular weight is 414 g/mol. The monoisotopic (exact) mass is 413 g/mol. The van der Waals surface area contributed by atoms with Gasteiger partial charge in [0.15, 0.2) is 0 Å². The molecule has 1 fully saturated rings. The van der Waals surface area contributed by atoms with Crippen molar-refractivity contribution in [1.29, 1.82) is 5.41 Å². The van der Waals surface area contributed by atoms with Crippen LogP contribution in [0.4, 0.5) is 11.4 Å². The lowest BCUT2D eigenvalue weighted by Gasteiger charge is -2.36. The van der Waals surface area contributed by atoms with Gasteiger partial charge in [-0.2, -0.15) is 0 Å². The summed E-state index contributed by atoms with van der Waals surface area (Å²) in [7, 11) is 1.86. The van der Waals surface area contributed by atoms with Crippen molar-refractivity contribution in [1.82, 2.24) is 9.88 Å². The Kier molecular flexibility index (Phi) is 5.98. The normalized spacial score (nSPS) is 13.7. The molecule has 1 aliphatic heterocycles. The maximum absolute atomic E-state index is 12.7. The summed E-state index contributed by atoms with van der Waals surface area (Å²) in [4.78, 5) is 21.2. The van der Waals surface area contributed by atoms with Crippen LogP contribution in [0.15, 0.2) is 60.8 Å². The minimum atomic E-state index is 0.0505. The standard InChI is InChI=1S/C25H27N5O/c1-18-3-4-21(17-28-18)25(31)30-13-11-29(12-14-30)23-8-5-19(6-9-23)20-7-10-24(27-2)22(15-20)16-26/h3-10,15-17,26-27H,11-14H2,1-2H3. The van der Waals surface area contributed by atoms with Crippen molar-refractivity contribution in [3.63, 3.8) is 0 Å². The van der Waals surface area contributed by atoms with E-state index < -0.39 is 0 Å². The lowest BCUT2D eigenvalue weighted by atomic mass is 10.0. The number of hydrogen-bond acceptors (Lipinski definition) is 5. The summed E-state index contributed by atoms with van der Waals surface area (Å²) in [6.07, 6.45) is 3.03. The molecular formula is C25H27N5O. The fraction of sp³-hybridized carbons (Fsp3) is 0.240. The molecule has 1 saturated heterocycles. The Morgan fingerprint density at radius 3 is 2.32 bits per heavy atom. The Morgan fingerprint density at radius 2 is 1.71 bits per heavy atom. The number of pyridine rings is 1. The molecule has 4 rings (SSSR count). The molecule has 6 heteroatoms. The molecule has 1 aliphatic rings. The number of anilines is 2. The molecule has 1 amide bonds. The number of rotatable bonds is 5. The van der Waals surface area contributed by atoms with Gasteiger partial charge < -0.3 is 20.5 Å². The van der Waals surface area contributed by atoms with Crippen LogP contribution < -0.4 is 10.2 Å². The molecule has 2 N–H and O–H groups in total. The van der Waals surface area contributed by atoms with Crippen molar-refractivity contribution in [2.24, 2.45) is 0 Å². The van der Waals surface area contributed by atoms with Crippen LogP contribution in [-0.2, 0) is 0 Å². The van der Waals surface area contributed by atoms with Crippen LogP contribution in [0.1, 0.15) is 21.6 Å². The Labute approximate surface area is 183 Å². The fourth-order valence-corrected chi connectivity index (χ4v) is 3.90. The molecule has 2 heterocycles. The van der Waals surface area contributed by atoms with Crippen LogP contribution in [0.5, 0.6) is 0 Å². The van der Waals surface area contributed by atoms with E-state index in [1.807, 2.05) is 43.1 Å². The lowest BCUT2D eigenvalue weighted by molar-refractivity contribution is 0.0746. The molecule has 0 aliphatic carbocycles. The van der Waals surface area contributed by atoms with Crippen LogP contribution in [0.2, 0.25) is 0 Å². The molecule has 2 aromatic carbocycles. The average Bonchev–Trinajstić information content (AvgIpc) is 2.84. The van der Waals surface area contributed by atoms with E-state index in [2.05, 4.69) is 45.5 Å². The van der Waals surface area contributed by atoms with Crippen LogP contribution >= 0.6 is 0 Å². The first-order chi connectivity index (χ1) is 15.1. The molecule has 0 bridgehead atoms. The first kappa shape index (κ1) is 20.6. The zero-order valence-electron chi connectivity index (χ0n) is 17.9. The largest absolute Gasteiger partial charge is 0.388 e. The van der Waals surface area contributed by atoms with Crippen molar-refractivity contribution in [2.75, 3.05) is 43.4 Å². The minimum absolute atomic E-state index is 0.0505. The molecule has 158 valence electrons. The van der Waals surface area contributed by atoms with Gasteiger partial charge in [0.1, 0.15) is 0 Å². The third-order valence-corrected chi connectivity index (χ3v) is 5.77. The summed E-state index contributed by atoms with van der Waals surface area (Å²) < 4.78 is 0. The Hall–Kier alpha value is -3.67. The third-order valence-electron chi connectivity index (χ3n) is 5.77. The van der Waals surface area contributed by atoms with E-state index in [-0.39, 0.29) is 5.91 Å². The van der Waals surface area contributed by atoms with Crippen LogP contribution in [0.25, 0.3) is 11.1 Å². The molecule has 0 saturated carbocycles. The number of aryl methyl sites for hydroxylation is 1. The number of carbonyl (C=O) groups excluding carboxylic acids is 1. The highest BCUT2D eigenvalue weighted by atomic mass is 16.2. The Morgan fingerprint density at radius 1 is 1.00 bits per heavy atom. The van der Waals surface area contributed by atoms with Crippen molar-refractivity contribution < 1.29 is 4.79 Å². The number of carbonyl (C=O) groups is 1. The maximum Gasteiger partial charge on any atom is 0.255 e. The van der Waals surface area contributed by atoms with Crippen molar-refractivity contribution in [3.8, 4) is 11.1 Å². The Bertz CT molecular complexity index is 1070. The first-order valence-corrected chi connectivity index (χ1v) is 10.5. The minimum Gasteiger partial charge on any atom is -0.388 e. The van der Waals surface area contributed by atoms with Gasteiger partial charge in [-0.1, -0.05) is 18.2 Å². The van der Waals surface area contributed by atoms with Crippen LogP contribution in [-0.4, -0.2) is 55.2 Å². The molecule has 0 spiro atoms. The quantitative estimate of drug-likeness (QED) is 0.619. The van der Waals surface area contributed by atoms with Gasteiger partial charge in [-0.15, -0.1) is 0 Å². The summed E-state index contributed by atoms with van der Waals surface area (Å²) in [6.45, 7) is 4.92. The maximum atomic E-state index is 12.7. The van der Waals surface area contributed by atoms with Crippen LogP contribution in [0, 0.1) is 12.3 Å². The highest BCUT2D eigenvalue weighted by molar-refractivity contribution is 5.94. The van der Waals surface area contributed by atoms with E-state index in [1.54, 1.807) is 6.20 Å². The van der Waals surface area contributed by atoms with Gasteiger partial charge in [0.05, 0.1) is 5.56 Å². The van der Waals surface area contributed by atoms with Gasteiger partial charge >= 0.3 is 0 Å². The predicted molar refractivity (Wildman–Crippen MR) is 126 cm³/mol. The second-order valence-electron chi connectivity index (χ2n) is 7.71. The van der Waals surface area contributed by atoms with E-state index in [0.29, 0.717) is 18.7 Å². The SMILES string of the molecule is CNc1ccc(-c2ccc(N3CCN(C(=O)c4ccc(C)nc4)CC3)cc2)cc1C=N. The molecule has 0 atom stereocenters. The second kappa shape index (κ2) is 9.00. The van der Waals surface area contributed by atoms with E-state index in [1.165, 1.54) is 6.21 Å². The lowest BCUT2D eigenvalue weighted by Crippen LogP contribution is -2.48. The second-order valence-corrected chi connectivity index (χ2v) is 7.71. The van der Waals surface area contributed by atoms with Gasteiger partial charge in [-0.3, -0.25) is 9.78 Å². The van der Waals surface area contributed by atoms with Crippen molar-refractivity contribution in [2.45, 2.75) is 6.92 Å². The molecule has 6 nitrogen and oxygen atoms in total. The molecule has 0 unspecified atom stereocenters. The van der Waals surface area contributed by atoms with E-state index >= 15 is 0 Å². The number of amides is 1. The van der Waals surface area contributed by atoms with Gasteiger partial charge in [0.2, 0.25) is 0 Å². The smallest absolute Gasteiger partial charge is 0.255 e. The van der Waals surface area contributed by atoms with Gasteiger partial charge in [0.25, 0.3) is 5.91 Å². The molecule has 3 aromatic rings. The highest BCUT2D eigenvalue weighted by Gasteiger charge is 2.22. The van der Waals surface area contributed by atoms with E-state index in [9.17, 15) is 4.79 Å². The van der Waals surface area contributed by atoms with Crippen molar-refractivity contribution >= 4 is 23.5 Å². The van der Waals surface area contributed by atoms with Gasteiger partial charge in [0, 0.05) is 68.3 Å². The predicted octanol–water partition coefficient (Wildman–Crippen LogP) is 4.06. The van der Waals surface area contributed by atoms with E-state index in [0.717, 1.165) is 46.8 Å². The number of benzene rings is 2. The number of aromatic nitrogens is 1.